The third kappa shape index (κ3) is 3.97. The van der Waals surface area contributed by atoms with E-state index in [4.69, 9.17) is 16.3 Å². The van der Waals surface area contributed by atoms with Crippen molar-refractivity contribution in [3.05, 3.63) is 39.9 Å². The largest absolute Gasteiger partial charge is 0.384 e. The van der Waals surface area contributed by atoms with Gasteiger partial charge in [-0.05, 0) is 36.5 Å². The summed E-state index contributed by atoms with van der Waals surface area (Å²) in [6.45, 7) is 2.96. The molecule has 1 aromatic carbocycles. The summed E-state index contributed by atoms with van der Waals surface area (Å²) >= 11 is 7.61. The SMILES string of the molecule is COCC1CCN(c2nnc(Cc3ccc(Cl)cc3)s2)CC1. The lowest BCUT2D eigenvalue weighted by Crippen LogP contribution is -2.34. The second kappa shape index (κ2) is 7.40. The average molecular weight is 338 g/mol. The molecule has 22 heavy (non-hydrogen) atoms. The molecule has 0 saturated carbocycles. The lowest BCUT2D eigenvalue weighted by atomic mass is 9.98. The van der Waals surface area contributed by atoms with Gasteiger partial charge in [0.25, 0.3) is 0 Å². The van der Waals surface area contributed by atoms with E-state index in [1.54, 1.807) is 18.4 Å². The number of hydrogen-bond acceptors (Lipinski definition) is 5. The first kappa shape index (κ1) is 15.7. The molecule has 0 amide bonds. The van der Waals surface area contributed by atoms with Gasteiger partial charge in [0.15, 0.2) is 0 Å². The van der Waals surface area contributed by atoms with Gasteiger partial charge in [-0.2, -0.15) is 0 Å². The second-order valence-corrected chi connectivity index (χ2v) is 7.14. The molecule has 2 aromatic rings. The summed E-state index contributed by atoms with van der Waals surface area (Å²) in [5.74, 6) is 0.683. The predicted molar refractivity (Wildman–Crippen MR) is 91.0 cm³/mol. The second-order valence-electron chi connectivity index (χ2n) is 5.67. The van der Waals surface area contributed by atoms with Crippen molar-refractivity contribution in [3.63, 3.8) is 0 Å². The molecule has 0 bridgehead atoms. The number of rotatable bonds is 5. The molecule has 0 aliphatic carbocycles. The Bertz CT molecular complexity index is 594. The highest BCUT2D eigenvalue weighted by molar-refractivity contribution is 7.15. The van der Waals surface area contributed by atoms with E-state index in [1.165, 1.54) is 18.4 Å². The Kier molecular flexibility index (Phi) is 5.28. The molecule has 0 atom stereocenters. The third-order valence-corrected chi connectivity index (χ3v) is 5.25. The molecular weight excluding hydrogens is 318 g/mol. The van der Waals surface area contributed by atoms with Gasteiger partial charge in [-0.15, -0.1) is 10.2 Å². The van der Waals surface area contributed by atoms with Crippen LogP contribution in [0.25, 0.3) is 0 Å². The molecule has 1 fully saturated rings. The Morgan fingerprint density at radius 2 is 1.95 bits per heavy atom. The zero-order valence-electron chi connectivity index (χ0n) is 12.7. The van der Waals surface area contributed by atoms with E-state index >= 15 is 0 Å². The van der Waals surface area contributed by atoms with Gasteiger partial charge in [-0.1, -0.05) is 35.1 Å². The third-order valence-electron chi connectivity index (χ3n) is 4.01. The predicted octanol–water partition coefficient (Wildman–Crippen LogP) is 3.65. The smallest absolute Gasteiger partial charge is 0.208 e. The fourth-order valence-electron chi connectivity index (χ4n) is 2.75. The number of anilines is 1. The monoisotopic (exact) mass is 337 g/mol. The number of benzene rings is 1. The average Bonchev–Trinajstić information content (AvgIpc) is 2.99. The Hall–Kier alpha value is -1.17. The van der Waals surface area contributed by atoms with Gasteiger partial charge >= 0.3 is 0 Å². The zero-order valence-corrected chi connectivity index (χ0v) is 14.2. The number of piperidine rings is 1. The van der Waals surface area contributed by atoms with Crippen LogP contribution in [0.3, 0.4) is 0 Å². The standard InChI is InChI=1S/C16H20ClN3OS/c1-21-11-13-6-8-20(9-7-13)16-19-18-15(22-16)10-12-2-4-14(17)5-3-12/h2-5,13H,6-11H2,1H3. The van der Waals surface area contributed by atoms with Crippen molar-refractivity contribution in [1.82, 2.24) is 10.2 Å². The number of hydrogen-bond donors (Lipinski definition) is 0. The minimum Gasteiger partial charge on any atom is -0.384 e. The number of ether oxygens (including phenoxy) is 1. The van der Waals surface area contributed by atoms with Crippen LogP contribution in [-0.2, 0) is 11.2 Å². The molecule has 1 aliphatic heterocycles. The van der Waals surface area contributed by atoms with Crippen molar-refractivity contribution < 1.29 is 4.74 Å². The fraction of sp³-hybridized carbons (Fsp3) is 0.500. The van der Waals surface area contributed by atoms with Crippen LogP contribution in [0.4, 0.5) is 5.13 Å². The van der Waals surface area contributed by atoms with Crippen molar-refractivity contribution in [3.8, 4) is 0 Å². The number of methoxy groups -OCH3 is 1. The molecule has 0 radical (unpaired) electrons. The highest BCUT2D eigenvalue weighted by Gasteiger charge is 2.21. The van der Waals surface area contributed by atoms with Crippen LogP contribution in [0.2, 0.25) is 5.02 Å². The maximum Gasteiger partial charge on any atom is 0.208 e. The van der Waals surface area contributed by atoms with E-state index in [9.17, 15) is 0 Å². The van der Waals surface area contributed by atoms with Gasteiger partial charge in [0, 0.05) is 38.2 Å². The van der Waals surface area contributed by atoms with E-state index in [2.05, 4.69) is 15.1 Å². The summed E-state index contributed by atoms with van der Waals surface area (Å²) in [4.78, 5) is 2.34. The topological polar surface area (TPSA) is 38.2 Å². The quantitative estimate of drug-likeness (QED) is 0.834. The molecule has 1 saturated heterocycles. The van der Waals surface area contributed by atoms with Crippen LogP contribution >= 0.6 is 22.9 Å². The van der Waals surface area contributed by atoms with Gasteiger partial charge in [-0.25, -0.2) is 0 Å². The Morgan fingerprint density at radius 3 is 2.64 bits per heavy atom. The van der Waals surface area contributed by atoms with Gasteiger partial charge in [0.05, 0.1) is 0 Å². The van der Waals surface area contributed by atoms with Crippen molar-refractivity contribution in [2.24, 2.45) is 5.92 Å². The first-order valence-corrected chi connectivity index (χ1v) is 8.75. The van der Waals surface area contributed by atoms with E-state index in [-0.39, 0.29) is 0 Å². The van der Waals surface area contributed by atoms with Crippen LogP contribution < -0.4 is 4.90 Å². The number of nitrogens with zero attached hydrogens (tertiary/aromatic N) is 3. The molecule has 6 heteroatoms. The van der Waals surface area contributed by atoms with Gasteiger partial charge in [-0.3, -0.25) is 0 Å². The van der Waals surface area contributed by atoms with Gasteiger partial charge in [0.2, 0.25) is 5.13 Å². The first-order valence-electron chi connectivity index (χ1n) is 7.55. The molecule has 1 aromatic heterocycles. The molecule has 4 nitrogen and oxygen atoms in total. The summed E-state index contributed by atoms with van der Waals surface area (Å²) in [7, 11) is 1.78. The lowest BCUT2D eigenvalue weighted by Gasteiger charge is -2.30. The van der Waals surface area contributed by atoms with E-state index in [0.29, 0.717) is 5.92 Å². The lowest BCUT2D eigenvalue weighted by molar-refractivity contribution is 0.139. The van der Waals surface area contributed by atoms with Gasteiger partial charge in [0.1, 0.15) is 5.01 Å². The summed E-state index contributed by atoms with van der Waals surface area (Å²) in [5.41, 5.74) is 1.21. The van der Waals surface area contributed by atoms with Crippen molar-refractivity contribution >= 4 is 28.1 Å². The summed E-state index contributed by atoms with van der Waals surface area (Å²) in [6, 6.07) is 7.91. The Morgan fingerprint density at radius 1 is 1.23 bits per heavy atom. The fourth-order valence-corrected chi connectivity index (χ4v) is 3.80. The van der Waals surface area contributed by atoms with E-state index < -0.39 is 0 Å². The maximum absolute atomic E-state index is 5.91. The molecule has 0 N–H and O–H groups in total. The molecule has 0 unspecified atom stereocenters. The highest BCUT2D eigenvalue weighted by Crippen LogP contribution is 2.27. The molecule has 118 valence electrons. The van der Waals surface area contributed by atoms with Crippen LogP contribution in [0.5, 0.6) is 0 Å². The number of halogens is 1. The normalized spacial score (nSPS) is 16.2. The number of aromatic nitrogens is 2. The molecule has 0 spiro atoms. The molecule has 2 heterocycles. The minimum absolute atomic E-state index is 0.683. The van der Waals surface area contributed by atoms with E-state index in [0.717, 1.165) is 41.3 Å². The first-order chi connectivity index (χ1) is 10.7. The van der Waals surface area contributed by atoms with Crippen LogP contribution in [-0.4, -0.2) is 37.0 Å². The van der Waals surface area contributed by atoms with Crippen LogP contribution in [0.15, 0.2) is 24.3 Å². The Labute approximate surface area is 140 Å². The summed E-state index contributed by atoms with van der Waals surface area (Å²) in [6.07, 6.45) is 3.15. The zero-order chi connectivity index (χ0) is 15.4. The molecule has 1 aliphatic rings. The van der Waals surface area contributed by atoms with Crippen molar-refractivity contribution in [2.45, 2.75) is 19.3 Å². The summed E-state index contributed by atoms with van der Waals surface area (Å²) < 4.78 is 5.25. The van der Waals surface area contributed by atoms with Crippen LogP contribution in [0.1, 0.15) is 23.4 Å². The van der Waals surface area contributed by atoms with Crippen molar-refractivity contribution in [1.29, 1.82) is 0 Å². The maximum atomic E-state index is 5.91. The van der Waals surface area contributed by atoms with Crippen LogP contribution in [0, 0.1) is 5.92 Å². The van der Waals surface area contributed by atoms with Gasteiger partial charge < -0.3 is 9.64 Å². The van der Waals surface area contributed by atoms with Crippen molar-refractivity contribution in [2.75, 3.05) is 31.7 Å². The molecule has 3 rings (SSSR count). The Balaban J connectivity index is 1.58. The summed E-state index contributed by atoms with van der Waals surface area (Å²) in [5, 5.41) is 11.6. The molecular formula is C16H20ClN3OS. The van der Waals surface area contributed by atoms with E-state index in [1.807, 2.05) is 24.3 Å². The minimum atomic E-state index is 0.683. The highest BCUT2D eigenvalue weighted by atomic mass is 35.5.